The van der Waals surface area contributed by atoms with Gasteiger partial charge < -0.3 is 20.6 Å². The number of rotatable bonds is 1. The van der Waals surface area contributed by atoms with Gasteiger partial charge in [0.1, 0.15) is 0 Å². The molecule has 1 aliphatic carbocycles. The van der Waals surface area contributed by atoms with Gasteiger partial charge in [-0.3, -0.25) is 4.79 Å². The third-order valence-corrected chi connectivity index (χ3v) is 3.15. The molecule has 1 saturated heterocycles. The van der Waals surface area contributed by atoms with Crippen LogP contribution in [0.4, 0.5) is 0 Å². The molecule has 1 amide bonds. The Hall–Kier alpha value is -1.59. The van der Waals surface area contributed by atoms with E-state index in [2.05, 4.69) is 11.9 Å². The van der Waals surface area contributed by atoms with Crippen LogP contribution in [0.3, 0.4) is 0 Å². The smallest absolute Gasteiger partial charge is 0.209 e. The third kappa shape index (κ3) is 8.32. The quantitative estimate of drug-likeness (QED) is 0.711. The summed E-state index contributed by atoms with van der Waals surface area (Å²) in [6.45, 7) is 9.67. The molecule has 1 aliphatic heterocycles. The second-order valence-electron chi connectivity index (χ2n) is 4.83. The van der Waals surface area contributed by atoms with Crippen LogP contribution < -0.4 is 5.73 Å². The van der Waals surface area contributed by atoms with E-state index in [1.807, 2.05) is 32.9 Å². The van der Waals surface area contributed by atoms with Crippen molar-refractivity contribution in [3.8, 4) is 0 Å². The maximum atomic E-state index is 10.2. The number of allylic oxidation sites excluding steroid dienone is 3. The van der Waals surface area contributed by atoms with Crippen LogP contribution in [0.1, 0.15) is 20.8 Å². The van der Waals surface area contributed by atoms with Crippen molar-refractivity contribution < 1.29 is 9.90 Å². The van der Waals surface area contributed by atoms with Crippen molar-refractivity contribution >= 4 is 6.41 Å². The molecule has 3 N–H and O–H groups in total. The predicted molar refractivity (Wildman–Crippen MR) is 87.7 cm³/mol. The average molecular weight is 295 g/mol. The molecule has 0 saturated carbocycles. The first-order valence-corrected chi connectivity index (χ1v) is 7.41. The van der Waals surface area contributed by atoms with Crippen LogP contribution in [-0.4, -0.2) is 60.6 Å². The predicted octanol–water partition coefficient (Wildman–Crippen LogP) is 1.12. The monoisotopic (exact) mass is 295 g/mol. The Morgan fingerprint density at radius 3 is 2.38 bits per heavy atom. The Bertz CT molecular complexity index is 381. The third-order valence-electron chi connectivity index (χ3n) is 3.15. The van der Waals surface area contributed by atoms with Crippen LogP contribution in [0.5, 0.6) is 0 Å². The number of hydrogen-bond acceptors (Lipinski definition) is 4. The Balaban J connectivity index is 0.000000342. The van der Waals surface area contributed by atoms with E-state index < -0.39 is 6.10 Å². The van der Waals surface area contributed by atoms with Crippen molar-refractivity contribution in [1.29, 1.82) is 0 Å². The van der Waals surface area contributed by atoms with Crippen LogP contribution in [0.15, 0.2) is 35.6 Å². The first-order chi connectivity index (χ1) is 10.0. The number of aliphatic hydroxyl groups excluding tert-OH is 1. The number of nitrogens with zero attached hydrogens (tertiary/aromatic N) is 2. The second kappa shape index (κ2) is 11.1. The molecule has 1 fully saturated rings. The van der Waals surface area contributed by atoms with Gasteiger partial charge in [0.05, 0.1) is 6.10 Å². The molecule has 120 valence electrons. The van der Waals surface area contributed by atoms with Gasteiger partial charge in [-0.05, 0) is 31.7 Å². The number of aliphatic hydroxyl groups is 1. The molecule has 0 spiro atoms. The summed E-state index contributed by atoms with van der Waals surface area (Å²) in [5.74, 6) is 0. The van der Waals surface area contributed by atoms with Crippen molar-refractivity contribution in [2.24, 2.45) is 5.73 Å². The van der Waals surface area contributed by atoms with E-state index in [0.717, 1.165) is 38.2 Å². The molecule has 0 bridgehead atoms. The van der Waals surface area contributed by atoms with Crippen LogP contribution >= 0.6 is 0 Å². The number of piperazine rings is 1. The minimum Gasteiger partial charge on any atom is -0.399 e. The topological polar surface area (TPSA) is 69.8 Å². The molecule has 0 aromatic rings. The minimum atomic E-state index is -0.519. The highest BCUT2D eigenvalue weighted by Gasteiger charge is 2.10. The highest BCUT2D eigenvalue weighted by molar-refractivity contribution is 5.47. The summed E-state index contributed by atoms with van der Waals surface area (Å²) in [5, 5.41) is 9.26. The molecule has 0 aromatic carbocycles. The van der Waals surface area contributed by atoms with Gasteiger partial charge in [0, 0.05) is 31.9 Å². The summed E-state index contributed by atoms with van der Waals surface area (Å²) in [4.78, 5) is 14.2. The van der Waals surface area contributed by atoms with Gasteiger partial charge in [0.2, 0.25) is 6.41 Å². The standard InChI is InChI=1S/C8H11NO.C6H12N2O.C2H6/c1-6-3-2-4-7(9)5-8(6)10;1-7-2-4-8(6-9)5-3-7;1-2/h2-5,8,10H,9H2,1H3;6H,2-5H2,1H3;1-2H3. The Morgan fingerprint density at radius 1 is 1.29 bits per heavy atom. The average Bonchev–Trinajstić information content (AvgIpc) is 2.64. The zero-order valence-corrected chi connectivity index (χ0v) is 13.6. The SMILES string of the molecule is CC.CC1=CC=CC(N)=CC1O.CN1CCN(C=O)CC1. The van der Waals surface area contributed by atoms with Gasteiger partial charge in [-0.2, -0.15) is 0 Å². The molecule has 0 aromatic heterocycles. The molecule has 5 heteroatoms. The van der Waals surface area contributed by atoms with Crippen LogP contribution in [0.25, 0.3) is 0 Å². The molecule has 2 rings (SSSR count). The lowest BCUT2D eigenvalue weighted by molar-refractivity contribution is -0.119. The van der Waals surface area contributed by atoms with Gasteiger partial charge in [-0.15, -0.1) is 0 Å². The molecule has 1 heterocycles. The molecule has 21 heavy (non-hydrogen) atoms. The van der Waals surface area contributed by atoms with Gasteiger partial charge in [0.25, 0.3) is 0 Å². The molecular formula is C16H29N3O2. The Labute approximate surface area is 128 Å². The van der Waals surface area contributed by atoms with E-state index in [1.165, 1.54) is 0 Å². The summed E-state index contributed by atoms with van der Waals surface area (Å²) in [6.07, 6.45) is 7.47. The zero-order valence-electron chi connectivity index (χ0n) is 13.6. The van der Waals surface area contributed by atoms with Crippen molar-refractivity contribution in [3.05, 3.63) is 35.6 Å². The van der Waals surface area contributed by atoms with E-state index in [-0.39, 0.29) is 0 Å². The molecule has 1 atom stereocenters. The second-order valence-corrected chi connectivity index (χ2v) is 4.83. The van der Waals surface area contributed by atoms with Crippen molar-refractivity contribution in [1.82, 2.24) is 9.80 Å². The van der Waals surface area contributed by atoms with Crippen LogP contribution in [0.2, 0.25) is 0 Å². The minimum absolute atomic E-state index is 0.519. The number of carbonyl (C=O) groups excluding carboxylic acids is 1. The first kappa shape index (κ1) is 19.4. The number of amides is 1. The number of carbonyl (C=O) groups is 1. The van der Waals surface area contributed by atoms with E-state index in [1.54, 1.807) is 17.1 Å². The van der Waals surface area contributed by atoms with Crippen LogP contribution in [0, 0.1) is 0 Å². The van der Waals surface area contributed by atoms with Crippen LogP contribution in [-0.2, 0) is 4.79 Å². The summed E-state index contributed by atoms with van der Waals surface area (Å²) in [7, 11) is 2.07. The molecule has 0 radical (unpaired) electrons. The molecule has 1 unspecified atom stereocenters. The number of likely N-dealkylation sites (N-methyl/N-ethyl adjacent to an activating group) is 1. The number of hydrogen-bond donors (Lipinski definition) is 2. The van der Waals surface area contributed by atoms with E-state index in [0.29, 0.717) is 5.70 Å². The highest BCUT2D eigenvalue weighted by atomic mass is 16.3. The maximum Gasteiger partial charge on any atom is 0.209 e. The van der Waals surface area contributed by atoms with Crippen molar-refractivity contribution in [2.75, 3.05) is 33.2 Å². The lowest BCUT2D eigenvalue weighted by Crippen LogP contribution is -2.43. The fourth-order valence-electron chi connectivity index (χ4n) is 1.71. The summed E-state index contributed by atoms with van der Waals surface area (Å²) in [6, 6.07) is 0. The highest BCUT2D eigenvalue weighted by Crippen LogP contribution is 2.08. The van der Waals surface area contributed by atoms with Gasteiger partial charge >= 0.3 is 0 Å². The number of nitrogens with two attached hydrogens (primary N) is 1. The fraction of sp³-hybridized carbons (Fsp3) is 0.562. The molecule has 5 nitrogen and oxygen atoms in total. The summed E-state index contributed by atoms with van der Waals surface area (Å²) >= 11 is 0. The first-order valence-electron chi connectivity index (χ1n) is 7.41. The largest absolute Gasteiger partial charge is 0.399 e. The van der Waals surface area contributed by atoms with Crippen molar-refractivity contribution in [2.45, 2.75) is 26.9 Å². The van der Waals surface area contributed by atoms with Gasteiger partial charge in [0.15, 0.2) is 0 Å². The van der Waals surface area contributed by atoms with Gasteiger partial charge in [-0.25, -0.2) is 0 Å². The summed E-state index contributed by atoms with van der Waals surface area (Å²) in [5.41, 5.74) is 6.99. The van der Waals surface area contributed by atoms with E-state index >= 15 is 0 Å². The normalized spacial score (nSPS) is 21.8. The fourth-order valence-corrected chi connectivity index (χ4v) is 1.71. The zero-order chi connectivity index (χ0) is 16.3. The molecular weight excluding hydrogens is 266 g/mol. The Kier molecular flexibility index (Phi) is 10.3. The lowest BCUT2D eigenvalue weighted by atomic mass is 10.1. The summed E-state index contributed by atoms with van der Waals surface area (Å²) < 4.78 is 0. The van der Waals surface area contributed by atoms with E-state index in [4.69, 9.17) is 5.73 Å². The Morgan fingerprint density at radius 2 is 1.86 bits per heavy atom. The molecule has 2 aliphatic rings. The van der Waals surface area contributed by atoms with E-state index in [9.17, 15) is 9.90 Å². The maximum absolute atomic E-state index is 10.2. The van der Waals surface area contributed by atoms with Gasteiger partial charge in [-0.1, -0.05) is 26.0 Å². The lowest BCUT2D eigenvalue weighted by Gasteiger charge is -2.29. The van der Waals surface area contributed by atoms with Crippen molar-refractivity contribution in [3.63, 3.8) is 0 Å².